The molecule has 10 heteroatoms. The largest absolute Gasteiger partial charge is 0.383 e. The lowest BCUT2D eigenvalue weighted by Crippen LogP contribution is -2.41. The number of anilines is 2. The molecule has 194 valence electrons. The van der Waals surface area contributed by atoms with Gasteiger partial charge in [-0.1, -0.05) is 44.2 Å². The number of carbonyl (C=O) groups is 1. The Morgan fingerprint density at radius 2 is 1.89 bits per heavy atom. The summed E-state index contributed by atoms with van der Waals surface area (Å²) < 4.78 is 8.27. The van der Waals surface area contributed by atoms with Gasteiger partial charge >= 0.3 is 5.69 Å². The van der Waals surface area contributed by atoms with E-state index in [1.807, 2.05) is 48.9 Å². The van der Waals surface area contributed by atoms with Crippen LogP contribution in [0.3, 0.4) is 0 Å². The molecule has 0 saturated heterocycles. The van der Waals surface area contributed by atoms with E-state index in [9.17, 15) is 14.4 Å². The van der Waals surface area contributed by atoms with Crippen molar-refractivity contribution in [1.29, 1.82) is 0 Å². The minimum absolute atomic E-state index is 0.0384. The molecule has 0 unspecified atom stereocenters. The zero-order valence-corrected chi connectivity index (χ0v) is 21.7. The minimum atomic E-state index is -0.701. The number of methoxy groups -OCH3 is 1. The first kappa shape index (κ1) is 26.9. The summed E-state index contributed by atoms with van der Waals surface area (Å²) in [4.78, 5) is 42.6. The molecule has 3 aromatic rings. The molecule has 0 atom stereocenters. The molecule has 1 amide bonds. The van der Waals surface area contributed by atoms with Crippen molar-refractivity contribution in [1.82, 2.24) is 19.3 Å². The maximum atomic E-state index is 13.6. The first-order valence-corrected chi connectivity index (χ1v) is 12.1. The SMILES string of the molecule is COCCn1c(N)c(N(Cc2ccccc2)C(=O)CCc2c(C)nn(CC(C)C)c2C)c(=O)[nH]c1=O. The lowest BCUT2D eigenvalue weighted by Gasteiger charge is -2.25. The molecule has 0 spiro atoms. The van der Waals surface area contributed by atoms with Crippen molar-refractivity contribution in [2.75, 3.05) is 24.4 Å². The van der Waals surface area contributed by atoms with Gasteiger partial charge in [0.05, 0.1) is 25.4 Å². The highest BCUT2D eigenvalue weighted by Crippen LogP contribution is 2.23. The zero-order chi connectivity index (χ0) is 26.4. The molecule has 0 radical (unpaired) electrons. The number of hydrogen-bond donors (Lipinski definition) is 2. The number of ether oxygens (including phenoxy) is 1. The topological polar surface area (TPSA) is 128 Å². The monoisotopic (exact) mass is 496 g/mol. The third kappa shape index (κ3) is 6.12. The van der Waals surface area contributed by atoms with E-state index in [2.05, 4.69) is 23.9 Å². The van der Waals surface area contributed by atoms with E-state index >= 15 is 0 Å². The van der Waals surface area contributed by atoms with Crippen LogP contribution in [-0.2, 0) is 35.6 Å². The van der Waals surface area contributed by atoms with Crippen LogP contribution >= 0.6 is 0 Å². The molecule has 10 nitrogen and oxygen atoms in total. The van der Waals surface area contributed by atoms with Gasteiger partial charge in [-0.2, -0.15) is 5.10 Å². The van der Waals surface area contributed by atoms with Gasteiger partial charge in [-0.05, 0) is 37.3 Å². The van der Waals surface area contributed by atoms with E-state index in [0.717, 1.165) is 29.1 Å². The van der Waals surface area contributed by atoms with Crippen molar-refractivity contribution in [2.24, 2.45) is 5.92 Å². The van der Waals surface area contributed by atoms with Crippen LogP contribution in [0.15, 0.2) is 39.9 Å². The van der Waals surface area contributed by atoms with Crippen molar-refractivity contribution in [3.8, 4) is 0 Å². The molecule has 3 N–H and O–H groups in total. The Bertz CT molecular complexity index is 1310. The Morgan fingerprint density at radius 1 is 1.19 bits per heavy atom. The maximum Gasteiger partial charge on any atom is 0.330 e. The molecule has 0 aliphatic rings. The molecule has 0 aliphatic heterocycles. The van der Waals surface area contributed by atoms with E-state index in [4.69, 9.17) is 10.5 Å². The van der Waals surface area contributed by atoms with Crippen LogP contribution in [-0.4, -0.2) is 39.0 Å². The minimum Gasteiger partial charge on any atom is -0.383 e. The molecule has 1 aromatic carbocycles. The number of aryl methyl sites for hydroxylation is 1. The second-order valence-corrected chi connectivity index (χ2v) is 9.33. The molecule has 36 heavy (non-hydrogen) atoms. The number of nitrogen functional groups attached to an aromatic ring is 1. The highest BCUT2D eigenvalue weighted by molar-refractivity contribution is 5.95. The number of H-pyrrole nitrogens is 1. The van der Waals surface area contributed by atoms with Crippen LogP contribution in [0.2, 0.25) is 0 Å². The van der Waals surface area contributed by atoms with E-state index < -0.39 is 11.2 Å². The molecular formula is C26H36N6O4. The fourth-order valence-corrected chi connectivity index (χ4v) is 4.29. The number of nitrogens with zero attached hydrogens (tertiary/aromatic N) is 4. The Balaban J connectivity index is 1.97. The normalized spacial score (nSPS) is 11.3. The van der Waals surface area contributed by atoms with Crippen molar-refractivity contribution in [3.05, 3.63) is 73.7 Å². The molecule has 0 bridgehead atoms. The molecule has 0 saturated carbocycles. The first-order chi connectivity index (χ1) is 17.1. The van der Waals surface area contributed by atoms with Gasteiger partial charge in [-0.15, -0.1) is 0 Å². The summed E-state index contributed by atoms with van der Waals surface area (Å²) in [5.41, 5.74) is 8.70. The Labute approximate surface area is 210 Å². The van der Waals surface area contributed by atoms with Gasteiger partial charge < -0.3 is 15.4 Å². The zero-order valence-electron chi connectivity index (χ0n) is 21.7. The van der Waals surface area contributed by atoms with Crippen LogP contribution in [0, 0.1) is 19.8 Å². The van der Waals surface area contributed by atoms with Crippen LogP contribution < -0.4 is 21.9 Å². The summed E-state index contributed by atoms with van der Waals surface area (Å²) in [7, 11) is 1.51. The third-order valence-corrected chi connectivity index (χ3v) is 6.15. The highest BCUT2D eigenvalue weighted by Gasteiger charge is 2.25. The lowest BCUT2D eigenvalue weighted by molar-refractivity contribution is -0.118. The van der Waals surface area contributed by atoms with Gasteiger partial charge in [0.2, 0.25) is 5.91 Å². The number of benzene rings is 1. The van der Waals surface area contributed by atoms with Crippen molar-refractivity contribution >= 4 is 17.4 Å². The van der Waals surface area contributed by atoms with Gasteiger partial charge in [0.15, 0.2) is 5.69 Å². The van der Waals surface area contributed by atoms with Gasteiger partial charge in [0.1, 0.15) is 5.82 Å². The number of nitrogens with two attached hydrogens (primary N) is 1. The number of aromatic amines is 1. The van der Waals surface area contributed by atoms with Crippen LogP contribution in [0.25, 0.3) is 0 Å². The summed E-state index contributed by atoms with van der Waals surface area (Å²) >= 11 is 0. The third-order valence-electron chi connectivity index (χ3n) is 6.15. The fraction of sp³-hybridized carbons (Fsp3) is 0.462. The van der Waals surface area contributed by atoms with Gasteiger partial charge in [0.25, 0.3) is 5.56 Å². The van der Waals surface area contributed by atoms with E-state index in [0.29, 0.717) is 12.3 Å². The smallest absolute Gasteiger partial charge is 0.330 e. The summed E-state index contributed by atoms with van der Waals surface area (Å²) in [6, 6.07) is 9.34. The Kier molecular flexibility index (Phi) is 8.87. The second kappa shape index (κ2) is 11.9. The van der Waals surface area contributed by atoms with Gasteiger partial charge in [0, 0.05) is 25.8 Å². The number of carbonyl (C=O) groups excluding carboxylic acids is 1. The van der Waals surface area contributed by atoms with E-state index in [-0.39, 0.29) is 43.5 Å². The molecule has 2 aromatic heterocycles. The Hall–Kier alpha value is -3.66. The predicted octanol–water partition coefficient (Wildman–Crippen LogP) is 2.40. The van der Waals surface area contributed by atoms with E-state index in [1.54, 1.807) is 0 Å². The summed E-state index contributed by atoms with van der Waals surface area (Å²) in [6.07, 6.45) is 0.624. The Morgan fingerprint density at radius 3 is 2.53 bits per heavy atom. The number of rotatable bonds is 11. The average molecular weight is 497 g/mol. The van der Waals surface area contributed by atoms with Crippen LogP contribution in [0.1, 0.15) is 42.8 Å². The van der Waals surface area contributed by atoms with Crippen molar-refractivity contribution in [2.45, 2.75) is 60.2 Å². The number of nitrogens with one attached hydrogen (secondary N) is 1. The molecule has 3 rings (SSSR count). The summed E-state index contributed by atoms with van der Waals surface area (Å²) in [5.74, 6) is 0.105. The van der Waals surface area contributed by atoms with E-state index in [1.165, 1.54) is 16.6 Å². The number of amides is 1. The second-order valence-electron chi connectivity index (χ2n) is 9.33. The molecular weight excluding hydrogens is 460 g/mol. The standard InChI is InChI=1S/C26H36N6O4/c1-17(2)15-32-19(4)21(18(3)29-32)11-12-22(33)31(16-20-9-7-6-8-10-20)23-24(27)30(13-14-36-5)26(35)28-25(23)34/h6-10,17H,11-16,27H2,1-5H3,(H,28,34,35). The summed E-state index contributed by atoms with van der Waals surface area (Å²) in [5, 5.41) is 4.64. The highest BCUT2D eigenvalue weighted by atomic mass is 16.5. The first-order valence-electron chi connectivity index (χ1n) is 12.1. The van der Waals surface area contributed by atoms with Crippen molar-refractivity contribution < 1.29 is 9.53 Å². The fourth-order valence-electron chi connectivity index (χ4n) is 4.29. The van der Waals surface area contributed by atoms with Gasteiger partial charge in [-0.25, -0.2) is 4.79 Å². The van der Waals surface area contributed by atoms with Gasteiger partial charge in [-0.3, -0.25) is 23.8 Å². The van der Waals surface area contributed by atoms with Crippen LogP contribution in [0.4, 0.5) is 11.5 Å². The number of aromatic nitrogens is 4. The average Bonchev–Trinajstić information content (AvgIpc) is 3.08. The molecule has 2 heterocycles. The molecule has 0 fully saturated rings. The lowest BCUT2D eigenvalue weighted by atomic mass is 10.1. The molecule has 0 aliphatic carbocycles. The van der Waals surface area contributed by atoms with Crippen LogP contribution in [0.5, 0.6) is 0 Å². The summed E-state index contributed by atoms with van der Waals surface area (Å²) in [6.45, 7) is 9.53. The quantitative estimate of drug-likeness (QED) is 0.420. The number of hydrogen-bond acceptors (Lipinski definition) is 6. The maximum absolute atomic E-state index is 13.6. The van der Waals surface area contributed by atoms with Crippen molar-refractivity contribution in [3.63, 3.8) is 0 Å². The predicted molar refractivity (Wildman–Crippen MR) is 140 cm³/mol.